The molecule has 1 aliphatic heterocycles. The van der Waals surface area contributed by atoms with E-state index in [9.17, 15) is 9.90 Å². The molecule has 120 valence electrons. The number of aryl methyl sites for hydroxylation is 1. The van der Waals surface area contributed by atoms with Gasteiger partial charge in [0.2, 0.25) is 5.95 Å². The number of carbonyl (C=O) groups is 1. The number of hydrogen-bond acceptors (Lipinski definition) is 7. The van der Waals surface area contributed by atoms with Crippen LogP contribution in [0.5, 0.6) is 0 Å². The summed E-state index contributed by atoms with van der Waals surface area (Å²) in [6, 6.07) is -0.670. The first kappa shape index (κ1) is 16.5. The number of anilines is 1. The van der Waals surface area contributed by atoms with Gasteiger partial charge in [-0.05, 0) is 36.9 Å². The Labute approximate surface area is 134 Å². The zero-order chi connectivity index (χ0) is 15.0. The topological polar surface area (TPSA) is 130 Å². The molecule has 9 heteroatoms. The van der Waals surface area contributed by atoms with Gasteiger partial charge < -0.3 is 22.0 Å². The summed E-state index contributed by atoms with van der Waals surface area (Å²) < 4.78 is 0. The second-order valence-corrected chi connectivity index (χ2v) is 5.19. The zero-order valence-corrected chi connectivity index (χ0v) is 12.8. The maximum Gasteiger partial charge on any atom is 0.327 e. The number of fused-ring (bicyclic) bond motifs is 2. The van der Waals surface area contributed by atoms with E-state index in [4.69, 9.17) is 11.5 Å². The van der Waals surface area contributed by atoms with Gasteiger partial charge in [0.15, 0.2) is 0 Å². The lowest BCUT2D eigenvalue weighted by Crippen LogP contribution is -2.44. The number of aromatic nitrogens is 2. The van der Waals surface area contributed by atoms with Crippen molar-refractivity contribution in [3.05, 3.63) is 23.0 Å². The number of hydrazine groups is 1. The van der Waals surface area contributed by atoms with Crippen LogP contribution in [0.2, 0.25) is 0 Å². The zero-order valence-electron chi connectivity index (χ0n) is 12.0. The van der Waals surface area contributed by atoms with Crippen molar-refractivity contribution >= 4 is 30.0 Å². The number of halogens is 1. The van der Waals surface area contributed by atoms with Crippen LogP contribution in [-0.2, 0) is 11.2 Å². The number of hydrogen-bond donors (Lipinski definition) is 4. The minimum Gasteiger partial charge on any atom is -0.480 e. The summed E-state index contributed by atoms with van der Waals surface area (Å²) in [7, 11) is 0. The summed E-state index contributed by atoms with van der Waals surface area (Å²) in [5.74, 6) is -0.674. The van der Waals surface area contributed by atoms with E-state index in [0.29, 0.717) is 25.2 Å². The minimum atomic E-state index is -0.866. The van der Waals surface area contributed by atoms with Gasteiger partial charge in [0.05, 0.1) is 11.4 Å². The second kappa shape index (κ2) is 6.47. The predicted octanol–water partition coefficient (Wildman–Crippen LogP) is -0.240. The lowest BCUT2D eigenvalue weighted by atomic mass is 9.91. The second-order valence-electron chi connectivity index (χ2n) is 5.19. The SMILES string of the molecule is Cl.NCCCN1NC2=C(CCc3cnc(N)nc32)C1C(=O)O. The highest BCUT2D eigenvalue weighted by Gasteiger charge is 2.40. The molecule has 0 bridgehead atoms. The van der Waals surface area contributed by atoms with Crippen LogP contribution in [0.1, 0.15) is 24.1 Å². The number of nitrogens with one attached hydrogen (secondary N) is 1. The van der Waals surface area contributed by atoms with Crippen molar-refractivity contribution in [1.29, 1.82) is 0 Å². The monoisotopic (exact) mass is 326 g/mol. The van der Waals surface area contributed by atoms with Crippen LogP contribution in [0, 0.1) is 0 Å². The first-order valence-corrected chi connectivity index (χ1v) is 6.92. The van der Waals surface area contributed by atoms with E-state index in [1.807, 2.05) is 0 Å². The van der Waals surface area contributed by atoms with Gasteiger partial charge in [0.25, 0.3) is 0 Å². The van der Waals surface area contributed by atoms with Crippen LogP contribution in [0.15, 0.2) is 11.8 Å². The third-order valence-corrected chi connectivity index (χ3v) is 3.84. The van der Waals surface area contributed by atoms with Crippen LogP contribution >= 0.6 is 12.4 Å². The molecule has 1 aromatic heterocycles. The highest BCUT2D eigenvalue weighted by molar-refractivity contribution is 5.86. The molecule has 1 aromatic rings. The maximum absolute atomic E-state index is 11.6. The van der Waals surface area contributed by atoms with E-state index in [-0.39, 0.29) is 18.4 Å². The first-order chi connectivity index (χ1) is 10.1. The number of nitrogens with two attached hydrogens (primary N) is 2. The third kappa shape index (κ3) is 2.72. The molecule has 0 radical (unpaired) electrons. The summed E-state index contributed by atoms with van der Waals surface area (Å²) in [6.45, 7) is 1.08. The Kier molecular flexibility index (Phi) is 4.84. The summed E-state index contributed by atoms with van der Waals surface area (Å²) in [6.07, 6.45) is 3.83. The number of nitrogens with zero attached hydrogens (tertiary/aromatic N) is 3. The molecule has 1 aliphatic carbocycles. The van der Waals surface area contributed by atoms with E-state index >= 15 is 0 Å². The standard InChI is InChI=1S/C13H18N6O2.ClH/c14-4-1-5-19-11(12(20)21)8-3-2-7-6-16-13(15)17-9(7)10(8)18-19;/h6,11,18H,1-5,14H2,(H,20,21)(H2,15,16,17);1H. The highest BCUT2D eigenvalue weighted by atomic mass is 35.5. The molecule has 0 fully saturated rings. The molecule has 3 rings (SSSR count). The Morgan fingerprint density at radius 1 is 1.50 bits per heavy atom. The summed E-state index contributed by atoms with van der Waals surface area (Å²) in [5, 5.41) is 11.2. The molecule has 1 atom stereocenters. The molecular weight excluding hydrogens is 308 g/mol. The van der Waals surface area contributed by atoms with Gasteiger partial charge >= 0.3 is 5.97 Å². The lowest BCUT2D eigenvalue weighted by molar-refractivity contribution is -0.142. The Bertz CT molecular complexity index is 621. The van der Waals surface area contributed by atoms with Crippen LogP contribution in [0.4, 0.5) is 5.95 Å². The van der Waals surface area contributed by atoms with Gasteiger partial charge in [0, 0.05) is 12.7 Å². The van der Waals surface area contributed by atoms with Crippen LogP contribution in [-0.4, -0.2) is 45.2 Å². The lowest BCUT2D eigenvalue weighted by Gasteiger charge is -2.22. The van der Waals surface area contributed by atoms with Crippen molar-refractivity contribution in [2.24, 2.45) is 5.73 Å². The van der Waals surface area contributed by atoms with E-state index in [2.05, 4.69) is 15.4 Å². The number of rotatable bonds is 4. The molecule has 2 aliphatic rings. The van der Waals surface area contributed by atoms with Crippen molar-refractivity contribution in [1.82, 2.24) is 20.4 Å². The molecule has 0 spiro atoms. The Morgan fingerprint density at radius 2 is 2.27 bits per heavy atom. The average Bonchev–Trinajstić information content (AvgIpc) is 2.83. The summed E-state index contributed by atoms with van der Waals surface area (Å²) >= 11 is 0. The minimum absolute atomic E-state index is 0. The first-order valence-electron chi connectivity index (χ1n) is 6.92. The molecule has 2 heterocycles. The number of aliphatic carboxylic acids is 1. The van der Waals surface area contributed by atoms with Gasteiger partial charge in [-0.2, -0.15) is 0 Å². The number of carboxylic acids is 1. The normalized spacial score (nSPS) is 20.0. The molecule has 8 nitrogen and oxygen atoms in total. The van der Waals surface area contributed by atoms with Crippen molar-refractivity contribution < 1.29 is 9.90 Å². The third-order valence-electron chi connectivity index (χ3n) is 3.84. The van der Waals surface area contributed by atoms with E-state index in [1.165, 1.54) is 0 Å². The van der Waals surface area contributed by atoms with E-state index in [0.717, 1.165) is 29.7 Å². The van der Waals surface area contributed by atoms with Crippen molar-refractivity contribution in [3.8, 4) is 0 Å². The molecule has 0 saturated heterocycles. The summed E-state index contributed by atoms with van der Waals surface area (Å²) in [5.41, 5.74) is 17.7. The van der Waals surface area contributed by atoms with Crippen molar-refractivity contribution in [3.63, 3.8) is 0 Å². The van der Waals surface area contributed by atoms with Crippen molar-refractivity contribution in [2.45, 2.75) is 25.3 Å². The van der Waals surface area contributed by atoms with Gasteiger partial charge in [-0.3, -0.25) is 4.79 Å². The fourth-order valence-corrected chi connectivity index (χ4v) is 2.89. The molecule has 0 aromatic carbocycles. The Balaban J connectivity index is 0.00000176. The van der Waals surface area contributed by atoms with Gasteiger partial charge in [0.1, 0.15) is 6.04 Å². The molecule has 1 unspecified atom stereocenters. The molecule has 22 heavy (non-hydrogen) atoms. The van der Waals surface area contributed by atoms with Crippen molar-refractivity contribution in [2.75, 3.05) is 18.8 Å². The largest absolute Gasteiger partial charge is 0.480 e. The maximum atomic E-state index is 11.6. The number of carboxylic acid groups (broad SMARTS) is 1. The number of nitrogen functional groups attached to an aromatic ring is 1. The Hall–Kier alpha value is -1.90. The predicted molar refractivity (Wildman–Crippen MR) is 83.9 cm³/mol. The fraction of sp³-hybridized carbons (Fsp3) is 0.462. The van der Waals surface area contributed by atoms with Crippen LogP contribution < -0.4 is 16.9 Å². The van der Waals surface area contributed by atoms with Gasteiger partial charge in [-0.25, -0.2) is 15.0 Å². The molecule has 0 saturated carbocycles. The summed E-state index contributed by atoms with van der Waals surface area (Å²) in [4.78, 5) is 19.9. The smallest absolute Gasteiger partial charge is 0.327 e. The molecule has 6 N–H and O–H groups in total. The quantitative estimate of drug-likeness (QED) is 0.596. The highest BCUT2D eigenvalue weighted by Crippen LogP contribution is 2.36. The van der Waals surface area contributed by atoms with Crippen LogP contribution in [0.3, 0.4) is 0 Å². The Morgan fingerprint density at radius 3 is 2.95 bits per heavy atom. The van der Waals surface area contributed by atoms with Gasteiger partial charge in [-0.1, -0.05) is 0 Å². The fourth-order valence-electron chi connectivity index (χ4n) is 2.89. The van der Waals surface area contributed by atoms with E-state index < -0.39 is 12.0 Å². The molecular formula is C13H19ClN6O2. The van der Waals surface area contributed by atoms with Gasteiger partial charge in [-0.15, -0.1) is 12.4 Å². The molecule has 0 amide bonds. The average molecular weight is 327 g/mol. The van der Waals surface area contributed by atoms with Crippen LogP contribution in [0.25, 0.3) is 5.70 Å². The van der Waals surface area contributed by atoms with E-state index in [1.54, 1.807) is 11.2 Å².